The molecule has 0 amide bonds. The first kappa shape index (κ1) is 19.2. The van der Waals surface area contributed by atoms with Gasteiger partial charge in [-0.25, -0.2) is 0 Å². The third-order valence-electron chi connectivity index (χ3n) is 8.35. The minimum absolute atomic E-state index is 0.335. The van der Waals surface area contributed by atoms with Crippen molar-refractivity contribution in [2.75, 3.05) is 0 Å². The summed E-state index contributed by atoms with van der Waals surface area (Å²) in [7, 11) is 0. The molecule has 0 saturated heterocycles. The lowest BCUT2D eigenvalue weighted by Gasteiger charge is -2.32. The molecule has 0 unspecified atom stereocenters. The van der Waals surface area contributed by atoms with Crippen LogP contribution in [0, 0.1) is 13.8 Å². The fraction of sp³-hybridized carbons (Fsp3) is 0.0857. The fourth-order valence-electron chi connectivity index (χ4n) is 7.02. The molecular formula is C35H24. The van der Waals surface area contributed by atoms with Gasteiger partial charge in [0.2, 0.25) is 0 Å². The van der Waals surface area contributed by atoms with Crippen LogP contribution in [-0.4, -0.2) is 0 Å². The number of hydrogen-bond donors (Lipinski definition) is 0. The summed E-state index contributed by atoms with van der Waals surface area (Å²) in [5.74, 6) is 0. The van der Waals surface area contributed by atoms with Crippen LogP contribution in [0.4, 0.5) is 0 Å². The van der Waals surface area contributed by atoms with Crippen molar-refractivity contribution in [3.63, 3.8) is 0 Å². The minimum Gasteiger partial charge on any atom is -0.0616 e. The molecule has 6 aromatic rings. The molecule has 2 aliphatic carbocycles. The Bertz CT molecular complexity index is 1730. The van der Waals surface area contributed by atoms with Crippen LogP contribution in [0.15, 0.2) is 109 Å². The molecule has 164 valence electrons. The van der Waals surface area contributed by atoms with Crippen molar-refractivity contribution in [1.29, 1.82) is 0 Å². The predicted octanol–water partition coefficient (Wildman–Crippen LogP) is 8.95. The lowest BCUT2D eigenvalue weighted by molar-refractivity contribution is 0.808. The van der Waals surface area contributed by atoms with Gasteiger partial charge in [-0.15, -0.1) is 0 Å². The van der Waals surface area contributed by atoms with Crippen LogP contribution in [0.25, 0.3) is 43.8 Å². The first-order valence-corrected chi connectivity index (χ1v) is 12.5. The molecule has 0 radical (unpaired) electrons. The lowest BCUT2D eigenvalue weighted by atomic mass is 9.68. The molecule has 0 fully saturated rings. The number of aryl methyl sites for hydroxylation is 2. The molecule has 0 N–H and O–H groups in total. The Hall–Kier alpha value is -4.16. The highest BCUT2D eigenvalue weighted by atomic mass is 14.5. The highest BCUT2D eigenvalue weighted by molar-refractivity contribution is 6.08. The molecule has 2 aliphatic rings. The molecule has 0 aromatic heterocycles. The predicted molar refractivity (Wildman–Crippen MR) is 147 cm³/mol. The van der Waals surface area contributed by atoms with E-state index in [1.165, 1.54) is 77.2 Å². The van der Waals surface area contributed by atoms with Gasteiger partial charge < -0.3 is 0 Å². The van der Waals surface area contributed by atoms with E-state index in [2.05, 4.69) is 123 Å². The van der Waals surface area contributed by atoms with Crippen LogP contribution in [0.1, 0.15) is 33.4 Å². The fourth-order valence-corrected chi connectivity index (χ4v) is 7.02. The SMILES string of the molecule is Cc1ccc2c(c1)-c1ccc3ccccc3c1C21c2ccc(C)cc2-c2ccc3ccccc3c21. The van der Waals surface area contributed by atoms with Gasteiger partial charge in [-0.3, -0.25) is 0 Å². The van der Waals surface area contributed by atoms with Crippen LogP contribution in [0.2, 0.25) is 0 Å². The van der Waals surface area contributed by atoms with Crippen LogP contribution in [0.5, 0.6) is 0 Å². The highest BCUT2D eigenvalue weighted by Gasteiger charge is 2.53. The Morgan fingerprint density at radius 1 is 0.429 bits per heavy atom. The standard InChI is InChI=1S/C35H24/c1-21-11-17-31-29(19-21)27-15-13-23-7-3-5-9-25(23)33(27)35(31)32-18-12-22(2)20-30(32)28-16-14-24-8-4-6-10-26(24)34(28)35/h3-20H,1-2H3. The van der Waals surface area contributed by atoms with Gasteiger partial charge in [-0.2, -0.15) is 0 Å². The molecule has 0 nitrogen and oxygen atoms in total. The van der Waals surface area contributed by atoms with Crippen molar-refractivity contribution >= 4 is 21.5 Å². The summed E-state index contributed by atoms with van der Waals surface area (Å²) in [5.41, 5.74) is 13.5. The van der Waals surface area contributed by atoms with E-state index >= 15 is 0 Å². The van der Waals surface area contributed by atoms with Crippen LogP contribution < -0.4 is 0 Å². The third kappa shape index (κ3) is 2.23. The van der Waals surface area contributed by atoms with Crippen molar-refractivity contribution in [2.45, 2.75) is 19.3 Å². The quantitative estimate of drug-likeness (QED) is 0.219. The molecule has 0 aliphatic heterocycles. The van der Waals surface area contributed by atoms with E-state index in [0.29, 0.717) is 0 Å². The third-order valence-corrected chi connectivity index (χ3v) is 8.35. The Kier molecular flexibility index (Phi) is 3.56. The molecule has 0 bridgehead atoms. The van der Waals surface area contributed by atoms with Gasteiger partial charge in [0.05, 0.1) is 5.41 Å². The van der Waals surface area contributed by atoms with Gasteiger partial charge in [0.25, 0.3) is 0 Å². The Labute approximate surface area is 205 Å². The molecule has 0 atom stereocenters. The van der Waals surface area contributed by atoms with E-state index in [1.54, 1.807) is 0 Å². The zero-order chi connectivity index (χ0) is 23.3. The second-order valence-electron chi connectivity index (χ2n) is 10.3. The minimum atomic E-state index is -0.335. The van der Waals surface area contributed by atoms with Gasteiger partial charge >= 0.3 is 0 Å². The summed E-state index contributed by atoms with van der Waals surface area (Å²) in [6.45, 7) is 4.42. The van der Waals surface area contributed by atoms with E-state index in [9.17, 15) is 0 Å². The number of rotatable bonds is 0. The normalized spacial score (nSPS) is 14.2. The summed E-state index contributed by atoms with van der Waals surface area (Å²) in [4.78, 5) is 0. The summed E-state index contributed by atoms with van der Waals surface area (Å²) in [5, 5.41) is 5.31. The van der Waals surface area contributed by atoms with Crippen LogP contribution in [0.3, 0.4) is 0 Å². The van der Waals surface area contributed by atoms with Crippen molar-refractivity contribution in [1.82, 2.24) is 0 Å². The van der Waals surface area contributed by atoms with Crippen molar-refractivity contribution in [2.24, 2.45) is 0 Å². The Balaban J connectivity index is 1.69. The summed E-state index contributed by atoms with van der Waals surface area (Å²) in [6.07, 6.45) is 0. The lowest BCUT2D eigenvalue weighted by Crippen LogP contribution is -2.26. The van der Waals surface area contributed by atoms with Gasteiger partial charge in [-0.05, 0) is 79.9 Å². The molecule has 0 saturated carbocycles. The second-order valence-corrected chi connectivity index (χ2v) is 10.3. The van der Waals surface area contributed by atoms with E-state index in [4.69, 9.17) is 0 Å². The first-order chi connectivity index (χ1) is 17.2. The van der Waals surface area contributed by atoms with E-state index in [0.717, 1.165) is 0 Å². The molecular weight excluding hydrogens is 420 g/mol. The zero-order valence-corrected chi connectivity index (χ0v) is 19.9. The molecule has 1 spiro atoms. The van der Waals surface area contributed by atoms with Gasteiger partial charge in [-0.1, -0.05) is 120 Å². The smallest absolute Gasteiger partial charge is 0.0616 e. The maximum Gasteiger partial charge on any atom is 0.0737 e. The monoisotopic (exact) mass is 444 g/mol. The first-order valence-electron chi connectivity index (χ1n) is 12.5. The van der Waals surface area contributed by atoms with Crippen molar-refractivity contribution < 1.29 is 0 Å². The summed E-state index contributed by atoms with van der Waals surface area (Å²) in [6, 6.07) is 41.4. The highest BCUT2D eigenvalue weighted by Crippen LogP contribution is 2.65. The maximum absolute atomic E-state index is 2.40. The van der Waals surface area contributed by atoms with Crippen LogP contribution >= 0.6 is 0 Å². The summed E-state index contributed by atoms with van der Waals surface area (Å²) >= 11 is 0. The van der Waals surface area contributed by atoms with Gasteiger partial charge in [0.15, 0.2) is 0 Å². The Morgan fingerprint density at radius 2 is 0.886 bits per heavy atom. The number of hydrogen-bond acceptors (Lipinski definition) is 0. The number of benzene rings is 6. The van der Waals surface area contributed by atoms with Gasteiger partial charge in [0, 0.05) is 0 Å². The topological polar surface area (TPSA) is 0 Å². The molecule has 8 rings (SSSR count). The zero-order valence-electron chi connectivity index (χ0n) is 19.9. The largest absolute Gasteiger partial charge is 0.0737 e. The average molecular weight is 445 g/mol. The average Bonchev–Trinajstić information content (AvgIpc) is 3.34. The van der Waals surface area contributed by atoms with Crippen molar-refractivity contribution in [3.05, 3.63) is 143 Å². The maximum atomic E-state index is 2.40. The summed E-state index contributed by atoms with van der Waals surface area (Å²) < 4.78 is 0. The molecule has 0 heterocycles. The van der Waals surface area contributed by atoms with Crippen LogP contribution in [-0.2, 0) is 5.41 Å². The number of fused-ring (bicyclic) bond motifs is 14. The van der Waals surface area contributed by atoms with E-state index in [-0.39, 0.29) is 5.41 Å². The second kappa shape index (κ2) is 6.49. The molecule has 0 heteroatoms. The molecule has 35 heavy (non-hydrogen) atoms. The Morgan fingerprint density at radius 3 is 1.37 bits per heavy atom. The van der Waals surface area contributed by atoms with Crippen molar-refractivity contribution in [3.8, 4) is 22.3 Å². The van der Waals surface area contributed by atoms with E-state index in [1.807, 2.05) is 0 Å². The van der Waals surface area contributed by atoms with E-state index < -0.39 is 0 Å². The van der Waals surface area contributed by atoms with Gasteiger partial charge in [0.1, 0.15) is 0 Å². The molecule has 6 aromatic carbocycles.